The summed E-state index contributed by atoms with van der Waals surface area (Å²) in [5.74, 6) is -1.91. The molecule has 0 fully saturated rings. The van der Waals surface area contributed by atoms with Crippen LogP contribution in [0.25, 0.3) is 0 Å². The third-order valence-corrected chi connectivity index (χ3v) is 2.28. The molecule has 1 aliphatic rings. The Morgan fingerprint density at radius 1 is 1.33 bits per heavy atom. The summed E-state index contributed by atoms with van der Waals surface area (Å²) in [5.41, 5.74) is 0.849. The highest BCUT2D eigenvalue weighted by atomic mass is 16.7. The van der Waals surface area contributed by atoms with Crippen molar-refractivity contribution in [3.8, 4) is 0 Å². The smallest absolute Gasteiger partial charge is 0.347 e. The van der Waals surface area contributed by atoms with Gasteiger partial charge < -0.3 is 14.2 Å². The Labute approximate surface area is 102 Å². The number of hydrogen-bond donors (Lipinski definition) is 0. The van der Waals surface area contributed by atoms with Crippen molar-refractivity contribution in [1.29, 1.82) is 0 Å². The molecule has 2 rings (SSSR count). The maximum absolute atomic E-state index is 11.4. The van der Waals surface area contributed by atoms with E-state index in [0.717, 1.165) is 0 Å². The van der Waals surface area contributed by atoms with Gasteiger partial charge >= 0.3 is 17.9 Å². The molecule has 94 valence electrons. The molecule has 1 aromatic carbocycles. The Morgan fingerprint density at radius 3 is 2.78 bits per heavy atom. The first-order chi connectivity index (χ1) is 8.58. The maximum Gasteiger partial charge on any atom is 0.347 e. The van der Waals surface area contributed by atoms with Crippen LogP contribution in [0, 0.1) is 0 Å². The Balaban J connectivity index is 2.02. The van der Waals surface area contributed by atoms with Crippen LogP contribution in [0.3, 0.4) is 0 Å². The van der Waals surface area contributed by atoms with Crippen LogP contribution in [0.15, 0.2) is 24.3 Å². The van der Waals surface area contributed by atoms with E-state index in [1.165, 1.54) is 6.92 Å². The molecule has 0 N–H and O–H groups in total. The van der Waals surface area contributed by atoms with E-state index in [1.807, 2.05) is 0 Å². The maximum atomic E-state index is 11.4. The fourth-order valence-electron chi connectivity index (χ4n) is 1.51. The Hall–Kier alpha value is -2.37. The van der Waals surface area contributed by atoms with Crippen LogP contribution in [0.4, 0.5) is 0 Å². The van der Waals surface area contributed by atoms with Crippen LogP contribution in [-0.2, 0) is 23.8 Å². The van der Waals surface area contributed by atoms with Crippen molar-refractivity contribution in [2.45, 2.75) is 13.2 Å². The summed E-state index contributed by atoms with van der Waals surface area (Å²) in [5, 5.41) is 0. The first-order valence-corrected chi connectivity index (χ1v) is 5.20. The van der Waals surface area contributed by atoms with Gasteiger partial charge in [-0.2, -0.15) is 0 Å². The topological polar surface area (TPSA) is 78.9 Å². The van der Waals surface area contributed by atoms with E-state index in [4.69, 9.17) is 9.47 Å². The number of esters is 3. The minimum atomic E-state index is -1.07. The molecule has 0 spiro atoms. The molecular formula is C12H10O6. The summed E-state index contributed by atoms with van der Waals surface area (Å²) in [4.78, 5) is 33.3. The van der Waals surface area contributed by atoms with Crippen molar-refractivity contribution in [3.63, 3.8) is 0 Å². The summed E-state index contributed by atoms with van der Waals surface area (Å²) in [7, 11) is 0. The fraction of sp³-hybridized carbons (Fsp3) is 0.250. The standard InChI is InChI=1S/C12H10O6/c1-7(13)16-6-10(14)17-12-9-5-3-2-4-8(9)11(15)18-12/h2-5,12H,6H2,1H3/t12-/m1/s1. The van der Waals surface area contributed by atoms with E-state index < -0.39 is 30.8 Å². The number of rotatable bonds is 3. The third kappa shape index (κ3) is 2.48. The molecule has 0 aromatic heterocycles. The quantitative estimate of drug-likeness (QED) is 0.743. The molecule has 6 heteroatoms. The largest absolute Gasteiger partial charge is 0.454 e. The highest BCUT2D eigenvalue weighted by Crippen LogP contribution is 2.31. The second-order valence-electron chi connectivity index (χ2n) is 3.59. The van der Waals surface area contributed by atoms with Crippen LogP contribution in [0.2, 0.25) is 0 Å². The van der Waals surface area contributed by atoms with Crippen LogP contribution >= 0.6 is 0 Å². The summed E-state index contributed by atoms with van der Waals surface area (Å²) in [6.45, 7) is 0.670. The normalized spacial score (nSPS) is 16.7. The van der Waals surface area contributed by atoms with Crippen LogP contribution in [0.1, 0.15) is 29.1 Å². The summed E-state index contributed by atoms with van der Waals surface area (Å²) >= 11 is 0. The van der Waals surface area contributed by atoms with Gasteiger partial charge in [0.15, 0.2) is 6.61 Å². The zero-order valence-electron chi connectivity index (χ0n) is 9.54. The Kier molecular flexibility index (Phi) is 3.27. The second kappa shape index (κ2) is 4.87. The molecule has 1 aliphatic heterocycles. The van der Waals surface area contributed by atoms with Gasteiger partial charge in [-0.25, -0.2) is 9.59 Å². The van der Waals surface area contributed by atoms with Crippen molar-refractivity contribution in [3.05, 3.63) is 35.4 Å². The molecule has 0 radical (unpaired) electrons. The highest BCUT2D eigenvalue weighted by Gasteiger charge is 2.33. The van der Waals surface area contributed by atoms with Crippen LogP contribution in [0.5, 0.6) is 0 Å². The van der Waals surface area contributed by atoms with Gasteiger partial charge in [0.2, 0.25) is 0 Å². The molecule has 0 bridgehead atoms. The predicted octanol–water partition coefficient (Wildman–Crippen LogP) is 0.962. The molecule has 1 atom stereocenters. The van der Waals surface area contributed by atoms with E-state index in [1.54, 1.807) is 24.3 Å². The average molecular weight is 250 g/mol. The lowest BCUT2D eigenvalue weighted by Gasteiger charge is -2.11. The molecular weight excluding hydrogens is 240 g/mol. The number of benzene rings is 1. The van der Waals surface area contributed by atoms with Crippen molar-refractivity contribution < 1.29 is 28.6 Å². The predicted molar refractivity (Wildman–Crippen MR) is 57.3 cm³/mol. The number of fused-ring (bicyclic) bond motifs is 1. The summed E-state index contributed by atoms with van der Waals surface area (Å²) in [6.07, 6.45) is -1.07. The van der Waals surface area contributed by atoms with Gasteiger partial charge in [0.25, 0.3) is 6.29 Å². The molecule has 18 heavy (non-hydrogen) atoms. The molecule has 1 aromatic rings. The van der Waals surface area contributed by atoms with E-state index >= 15 is 0 Å². The van der Waals surface area contributed by atoms with Gasteiger partial charge in [0, 0.05) is 12.5 Å². The van der Waals surface area contributed by atoms with E-state index in [-0.39, 0.29) is 0 Å². The van der Waals surface area contributed by atoms with Crippen molar-refractivity contribution in [2.75, 3.05) is 6.61 Å². The second-order valence-corrected chi connectivity index (χ2v) is 3.59. The lowest BCUT2D eigenvalue weighted by Crippen LogP contribution is -2.18. The molecule has 0 saturated heterocycles. The zero-order valence-corrected chi connectivity index (χ0v) is 9.54. The van der Waals surface area contributed by atoms with Gasteiger partial charge in [-0.15, -0.1) is 0 Å². The highest BCUT2D eigenvalue weighted by molar-refractivity contribution is 5.94. The lowest BCUT2D eigenvalue weighted by molar-refractivity contribution is -0.175. The lowest BCUT2D eigenvalue weighted by atomic mass is 10.1. The number of carbonyl (C=O) groups excluding carboxylic acids is 3. The molecule has 0 unspecified atom stereocenters. The zero-order chi connectivity index (χ0) is 13.1. The van der Waals surface area contributed by atoms with E-state index in [0.29, 0.717) is 11.1 Å². The number of cyclic esters (lactones) is 1. The van der Waals surface area contributed by atoms with Gasteiger partial charge in [-0.3, -0.25) is 4.79 Å². The number of hydrogen-bond acceptors (Lipinski definition) is 6. The third-order valence-electron chi connectivity index (χ3n) is 2.28. The Bertz CT molecular complexity index is 507. The van der Waals surface area contributed by atoms with Crippen molar-refractivity contribution >= 4 is 17.9 Å². The van der Waals surface area contributed by atoms with E-state index in [9.17, 15) is 14.4 Å². The Morgan fingerprint density at radius 2 is 2.06 bits per heavy atom. The summed E-state index contributed by atoms with van der Waals surface area (Å²) in [6, 6.07) is 6.60. The van der Waals surface area contributed by atoms with Crippen LogP contribution < -0.4 is 0 Å². The van der Waals surface area contributed by atoms with Gasteiger partial charge in [-0.05, 0) is 6.07 Å². The van der Waals surface area contributed by atoms with Crippen LogP contribution in [-0.4, -0.2) is 24.5 Å². The fourth-order valence-corrected chi connectivity index (χ4v) is 1.51. The van der Waals surface area contributed by atoms with Gasteiger partial charge in [-0.1, -0.05) is 18.2 Å². The van der Waals surface area contributed by atoms with Crippen molar-refractivity contribution in [1.82, 2.24) is 0 Å². The molecule has 6 nitrogen and oxygen atoms in total. The van der Waals surface area contributed by atoms with Crippen molar-refractivity contribution in [2.24, 2.45) is 0 Å². The number of ether oxygens (including phenoxy) is 3. The monoisotopic (exact) mass is 250 g/mol. The molecule has 0 saturated carbocycles. The van der Waals surface area contributed by atoms with Gasteiger partial charge in [0.1, 0.15) is 0 Å². The molecule has 1 heterocycles. The first kappa shape index (κ1) is 12.1. The minimum absolute atomic E-state index is 0.364. The average Bonchev–Trinajstić information content (AvgIpc) is 2.65. The van der Waals surface area contributed by atoms with Gasteiger partial charge in [0.05, 0.1) is 5.56 Å². The SMILES string of the molecule is CC(=O)OCC(=O)O[C@@H]1OC(=O)c2ccccc21. The van der Waals surface area contributed by atoms with E-state index in [2.05, 4.69) is 4.74 Å². The number of carbonyl (C=O) groups is 3. The first-order valence-electron chi connectivity index (χ1n) is 5.20. The molecule has 0 aliphatic carbocycles. The molecule has 0 amide bonds. The minimum Gasteiger partial charge on any atom is -0.454 e. The summed E-state index contributed by atoms with van der Waals surface area (Å²) < 4.78 is 14.3.